The Kier molecular flexibility index (Phi) is 4.26. The highest BCUT2D eigenvalue weighted by atomic mass is 19.3. The number of hydrogen-bond donors (Lipinski definition) is 2. The van der Waals surface area contributed by atoms with E-state index in [9.17, 15) is 8.78 Å². The molecule has 0 aliphatic heterocycles. The molecular formula is C9H20F2N2. The van der Waals surface area contributed by atoms with Crippen molar-refractivity contribution in [2.75, 3.05) is 13.1 Å². The van der Waals surface area contributed by atoms with Crippen LogP contribution in [0.2, 0.25) is 0 Å². The first kappa shape index (κ1) is 12.8. The molecular weight excluding hydrogens is 174 g/mol. The van der Waals surface area contributed by atoms with E-state index in [0.29, 0.717) is 6.54 Å². The van der Waals surface area contributed by atoms with Crippen LogP contribution in [0.15, 0.2) is 0 Å². The lowest BCUT2D eigenvalue weighted by atomic mass is 9.75. The molecule has 0 heterocycles. The van der Waals surface area contributed by atoms with E-state index in [1.807, 2.05) is 27.7 Å². The van der Waals surface area contributed by atoms with Crippen molar-refractivity contribution in [3.63, 3.8) is 0 Å². The smallest absolute Gasteiger partial charge is 0.250 e. The van der Waals surface area contributed by atoms with Crippen molar-refractivity contribution in [2.45, 2.75) is 39.7 Å². The van der Waals surface area contributed by atoms with Crippen LogP contribution in [0.25, 0.3) is 0 Å². The normalized spacial score (nSPS) is 13.8. The third kappa shape index (κ3) is 4.52. The van der Waals surface area contributed by atoms with Crippen LogP contribution in [0.4, 0.5) is 8.78 Å². The number of alkyl halides is 2. The molecule has 0 aromatic rings. The van der Waals surface area contributed by atoms with Gasteiger partial charge >= 0.3 is 0 Å². The Morgan fingerprint density at radius 3 is 2.00 bits per heavy atom. The second-order valence-electron chi connectivity index (χ2n) is 4.63. The van der Waals surface area contributed by atoms with Gasteiger partial charge in [-0.3, -0.25) is 0 Å². The molecule has 0 rings (SSSR count). The third-order valence-corrected chi connectivity index (χ3v) is 2.61. The topological polar surface area (TPSA) is 38.0 Å². The summed E-state index contributed by atoms with van der Waals surface area (Å²) in [6.45, 7) is 7.96. The van der Waals surface area contributed by atoms with Crippen molar-refractivity contribution < 1.29 is 8.78 Å². The number of nitrogens with two attached hydrogens (primary N) is 1. The van der Waals surface area contributed by atoms with E-state index < -0.39 is 6.43 Å². The molecule has 0 aliphatic rings. The van der Waals surface area contributed by atoms with Gasteiger partial charge in [0.2, 0.25) is 0 Å². The summed E-state index contributed by atoms with van der Waals surface area (Å²) in [6.07, 6.45) is -2.29. The van der Waals surface area contributed by atoms with E-state index in [1.165, 1.54) is 0 Å². The Morgan fingerprint density at radius 2 is 1.69 bits per heavy atom. The molecule has 0 bridgehead atoms. The quantitative estimate of drug-likeness (QED) is 0.697. The fraction of sp³-hybridized carbons (Fsp3) is 1.00. The molecule has 0 saturated heterocycles. The molecule has 13 heavy (non-hydrogen) atoms. The maximum absolute atomic E-state index is 11.8. The number of halogens is 2. The van der Waals surface area contributed by atoms with Crippen LogP contribution in [0.3, 0.4) is 0 Å². The lowest BCUT2D eigenvalue weighted by Gasteiger charge is -2.38. The molecule has 0 atom stereocenters. The van der Waals surface area contributed by atoms with Gasteiger partial charge in [0.1, 0.15) is 0 Å². The van der Waals surface area contributed by atoms with Crippen LogP contribution in [0.5, 0.6) is 0 Å². The van der Waals surface area contributed by atoms with E-state index in [0.717, 1.165) is 0 Å². The van der Waals surface area contributed by atoms with Crippen molar-refractivity contribution in [1.82, 2.24) is 5.32 Å². The Labute approximate surface area is 78.9 Å². The maximum atomic E-state index is 11.8. The summed E-state index contributed by atoms with van der Waals surface area (Å²) in [5.41, 5.74) is 5.34. The van der Waals surface area contributed by atoms with Gasteiger partial charge in [-0.05, 0) is 19.3 Å². The fourth-order valence-electron chi connectivity index (χ4n) is 0.722. The van der Waals surface area contributed by atoms with Crippen LogP contribution < -0.4 is 11.1 Å². The highest BCUT2D eigenvalue weighted by molar-refractivity contribution is 4.91. The predicted octanol–water partition coefficient (Wildman–Crippen LogP) is 1.60. The summed E-state index contributed by atoms with van der Waals surface area (Å²) in [5, 5.41) is 2.70. The third-order valence-electron chi connectivity index (χ3n) is 2.61. The van der Waals surface area contributed by atoms with Crippen LogP contribution in [0.1, 0.15) is 27.7 Å². The summed E-state index contributed by atoms with van der Waals surface area (Å²) in [5.74, 6) is 0. The Balaban J connectivity index is 3.90. The number of nitrogens with one attached hydrogen (secondary N) is 1. The molecule has 4 heteroatoms. The van der Waals surface area contributed by atoms with Crippen molar-refractivity contribution >= 4 is 0 Å². The first-order valence-corrected chi connectivity index (χ1v) is 4.44. The molecule has 0 spiro atoms. The molecule has 0 fully saturated rings. The maximum Gasteiger partial charge on any atom is 0.250 e. The standard InChI is InChI=1S/C9H20F2N2/c1-8(2,9(3,4)12)6-13-5-7(10)11/h7,13H,5-6,12H2,1-4H3. The van der Waals surface area contributed by atoms with Crippen molar-refractivity contribution in [3.8, 4) is 0 Å². The first-order valence-electron chi connectivity index (χ1n) is 4.44. The van der Waals surface area contributed by atoms with Crippen molar-refractivity contribution in [3.05, 3.63) is 0 Å². The van der Waals surface area contributed by atoms with Crippen LogP contribution >= 0.6 is 0 Å². The number of hydrogen-bond acceptors (Lipinski definition) is 2. The molecule has 80 valence electrons. The summed E-state index contributed by atoms with van der Waals surface area (Å²) in [6, 6.07) is 0. The zero-order valence-corrected chi connectivity index (χ0v) is 8.82. The van der Waals surface area contributed by atoms with Gasteiger partial charge in [-0.2, -0.15) is 0 Å². The SMILES string of the molecule is CC(C)(N)C(C)(C)CNCC(F)F. The van der Waals surface area contributed by atoms with Gasteiger partial charge in [0, 0.05) is 12.1 Å². The summed E-state index contributed by atoms with van der Waals surface area (Å²) in [7, 11) is 0. The molecule has 3 N–H and O–H groups in total. The van der Waals surface area contributed by atoms with Gasteiger partial charge < -0.3 is 11.1 Å². The Morgan fingerprint density at radius 1 is 1.23 bits per heavy atom. The van der Waals surface area contributed by atoms with E-state index >= 15 is 0 Å². The molecule has 0 amide bonds. The number of rotatable bonds is 5. The second kappa shape index (κ2) is 4.33. The Bertz CT molecular complexity index is 150. The van der Waals surface area contributed by atoms with Gasteiger partial charge in [0.05, 0.1) is 6.54 Å². The molecule has 2 nitrogen and oxygen atoms in total. The minimum Gasteiger partial charge on any atom is -0.325 e. The van der Waals surface area contributed by atoms with Crippen molar-refractivity contribution in [1.29, 1.82) is 0 Å². The predicted molar refractivity (Wildman–Crippen MR) is 50.9 cm³/mol. The summed E-state index contributed by atoms with van der Waals surface area (Å²) < 4.78 is 23.6. The van der Waals surface area contributed by atoms with Crippen LogP contribution in [-0.4, -0.2) is 25.1 Å². The summed E-state index contributed by atoms with van der Waals surface area (Å²) >= 11 is 0. The van der Waals surface area contributed by atoms with E-state index in [2.05, 4.69) is 5.32 Å². The molecule has 0 radical (unpaired) electrons. The van der Waals surface area contributed by atoms with Crippen LogP contribution in [-0.2, 0) is 0 Å². The molecule has 0 aliphatic carbocycles. The highest BCUT2D eigenvalue weighted by Gasteiger charge is 2.32. The monoisotopic (exact) mass is 194 g/mol. The van der Waals surface area contributed by atoms with E-state index in [4.69, 9.17) is 5.73 Å². The van der Waals surface area contributed by atoms with E-state index in [-0.39, 0.29) is 17.5 Å². The molecule has 0 aromatic carbocycles. The fourth-order valence-corrected chi connectivity index (χ4v) is 0.722. The lowest BCUT2D eigenvalue weighted by Crippen LogP contribution is -2.52. The summed E-state index contributed by atoms with van der Waals surface area (Å²) in [4.78, 5) is 0. The average Bonchev–Trinajstić information content (AvgIpc) is 1.82. The van der Waals surface area contributed by atoms with Gasteiger partial charge in [-0.25, -0.2) is 8.78 Å². The Hall–Kier alpha value is -0.220. The zero-order valence-electron chi connectivity index (χ0n) is 8.82. The lowest BCUT2D eigenvalue weighted by molar-refractivity contribution is 0.130. The largest absolute Gasteiger partial charge is 0.325 e. The minimum atomic E-state index is -2.29. The molecule has 0 unspecified atom stereocenters. The van der Waals surface area contributed by atoms with Gasteiger partial charge in [0.25, 0.3) is 6.43 Å². The van der Waals surface area contributed by atoms with Gasteiger partial charge in [-0.1, -0.05) is 13.8 Å². The van der Waals surface area contributed by atoms with Crippen LogP contribution in [0, 0.1) is 5.41 Å². The second-order valence-corrected chi connectivity index (χ2v) is 4.63. The first-order chi connectivity index (χ1) is 5.67. The van der Waals surface area contributed by atoms with Gasteiger partial charge in [-0.15, -0.1) is 0 Å². The average molecular weight is 194 g/mol. The zero-order chi connectivity index (χ0) is 10.7. The van der Waals surface area contributed by atoms with Gasteiger partial charge in [0.15, 0.2) is 0 Å². The minimum absolute atomic E-state index is 0.193. The van der Waals surface area contributed by atoms with Crippen molar-refractivity contribution in [2.24, 2.45) is 11.1 Å². The molecule has 0 aromatic heterocycles. The highest BCUT2D eigenvalue weighted by Crippen LogP contribution is 2.26. The van der Waals surface area contributed by atoms with E-state index in [1.54, 1.807) is 0 Å². The molecule has 0 saturated carbocycles.